The second-order valence-corrected chi connectivity index (χ2v) is 5.26. The fourth-order valence-electron chi connectivity index (χ4n) is 2.13. The Hall–Kier alpha value is -1.94. The first-order valence-corrected chi connectivity index (χ1v) is 6.93. The molecule has 112 valence electrons. The third kappa shape index (κ3) is 3.58. The Balaban J connectivity index is 2.17. The van der Waals surface area contributed by atoms with E-state index in [-0.39, 0.29) is 11.6 Å². The minimum atomic E-state index is -0.365. The van der Waals surface area contributed by atoms with Crippen LogP contribution in [0.25, 0.3) is 0 Å². The molecule has 0 saturated carbocycles. The molecule has 0 aliphatic carbocycles. The van der Waals surface area contributed by atoms with Crippen LogP contribution in [0.4, 0.5) is 15.8 Å². The summed E-state index contributed by atoms with van der Waals surface area (Å²) in [6.07, 6.45) is 0. The van der Waals surface area contributed by atoms with Gasteiger partial charge in [-0.3, -0.25) is 0 Å². The van der Waals surface area contributed by atoms with E-state index in [1.165, 1.54) is 13.2 Å². The average Bonchev–Trinajstić information content (AvgIpc) is 2.44. The van der Waals surface area contributed by atoms with Gasteiger partial charge in [0, 0.05) is 20.6 Å². The summed E-state index contributed by atoms with van der Waals surface area (Å²) in [5.41, 5.74) is 2.65. The number of rotatable bonds is 5. The maximum Gasteiger partial charge on any atom is 0.165 e. The lowest BCUT2D eigenvalue weighted by atomic mass is 10.2. The van der Waals surface area contributed by atoms with E-state index in [1.807, 2.05) is 43.3 Å². The van der Waals surface area contributed by atoms with Gasteiger partial charge in [0.25, 0.3) is 0 Å². The molecule has 0 amide bonds. The number of nitrogens with one attached hydrogen (secondary N) is 1. The molecular weight excluding hydrogens is 291 g/mol. The van der Waals surface area contributed by atoms with Crippen LogP contribution in [-0.4, -0.2) is 21.2 Å². The number of nitrogens with zero attached hydrogens (tertiary/aromatic N) is 1. The molecule has 0 aliphatic heterocycles. The van der Waals surface area contributed by atoms with E-state index in [1.54, 1.807) is 6.07 Å². The minimum absolute atomic E-state index is 0.246. The van der Waals surface area contributed by atoms with Crippen LogP contribution >= 0.6 is 11.6 Å². The van der Waals surface area contributed by atoms with Gasteiger partial charge in [-0.2, -0.15) is 0 Å². The number of hydrogen-bond acceptors (Lipinski definition) is 3. The normalized spacial score (nSPS) is 10.3. The van der Waals surface area contributed by atoms with Gasteiger partial charge >= 0.3 is 0 Å². The van der Waals surface area contributed by atoms with Crippen molar-refractivity contribution in [1.29, 1.82) is 0 Å². The van der Waals surface area contributed by atoms with Crippen molar-refractivity contribution >= 4 is 23.0 Å². The molecule has 0 bridgehead atoms. The van der Waals surface area contributed by atoms with Crippen molar-refractivity contribution < 1.29 is 9.13 Å². The molecule has 21 heavy (non-hydrogen) atoms. The van der Waals surface area contributed by atoms with Crippen molar-refractivity contribution in [1.82, 2.24) is 0 Å². The van der Waals surface area contributed by atoms with Gasteiger partial charge in [0.15, 0.2) is 11.6 Å². The zero-order valence-electron chi connectivity index (χ0n) is 12.3. The van der Waals surface area contributed by atoms with Crippen LogP contribution in [0, 0.1) is 5.82 Å². The van der Waals surface area contributed by atoms with Gasteiger partial charge in [-0.1, -0.05) is 23.7 Å². The maximum atomic E-state index is 13.7. The standard InChI is InChI=1S/C16H18ClFN2O/c1-20(2)16-12(17)5-4-6-14(16)19-10-11-7-8-15(21-3)13(18)9-11/h4-9,19H,10H2,1-3H3. The summed E-state index contributed by atoms with van der Waals surface area (Å²) < 4.78 is 18.6. The number of benzene rings is 2. The van der Waals surface area contributed by atoms with Crippen molar-refractivity contribution in [2.75, 3.05) is 31.4 Å². The third-order valence-corrected chi connectivity index (χ3v) is 3.44. The van der Waals surface area contributed by atoms with Gasteiger partial charge in [0.1, 0.15) is 0 Å². The van der Waals surface area contributed by atoms with E-state index in [0.717, 1.165) is 16.9 Å². The first-order chi connectivity index (χ1) is 10.0. The Labute approximate surface area is 129 Å². The summed E-state index contributed by atoms with van der Waals surface area (Å²) in [6.45, 7) is 0.502. The van der Waals surface area contributed by atoms with E-state index < -0.39 is 0 Å². The molecule has 1 N–H and O–H groups in total. The molecule has 0 spiro atoms. The summed E-state index contributed by atoms with van der Waals surface area (Å²) in [5, 5.41) is 3.95. The molecule has 0 aromatic heterocycles. The van der Waals surface area contributed by atoms with Crippen LogP contribution in [0.5, 0.6) is 5.75 Å². The SMILES string of the molecule is COc1ccc(CNc2cccc(Cl)c2N(C)C)cc1F. The van der Waals surface area contributed by atoms with Gasteiger partial charge < -0.3 is 15.0 Å². The van der Waals surface area contributed by atoms with Crippen LogP contribution < -0.4 is 15.0 Å². The molecule has 0 unspecified atom stereocenters. The molecule has 0 heterocycles. The van der Waals surface area contributed by atoms with Gasteiger partial charge in [-0.25, -0.2) is 4.39 Å². The van der Waals surface area contributed by atoms with Crippen LogP contribution in [-0.2, 0) is 6.54 Å². The number of ether oxygens (including phenoxy) is 1. The Kier molecular flexibility index (Phi) is 4.91. The second-order valence-electron chi connectivity index (χ2n) is 4.85. The summed E-state index contributed by atoms with van der Waals surface area (Å²) in [7, 11) is 5.31. The summed E-state index contributed by atoms with van der Waals surface area (Å²) >= 11 is 6.21. The predicted molar refractivity (Wildman–Crippen MR) is 86.1 cm³/mol. The highest BCUT2D eigenvalue weighted by Gasteiger charge is 2.09. The first-order valence-electron chi connectivity index (χ1n) is 6.55. The van der Waals surface area contributed by atoms with Crippen LogP contribution in [0.1, 0.15) is 5.56 Å². The molecule has 0 atom stereocenters. The molecule has 0 saturated heterocycles. The topological polar surface area (TPSA) is 24.5 Å². The van der Waals surface area contributed by atoms with Crippen LogP contribution in [0.2, 0.25) is 5.02 Å². The molecule has 5 heteroatoms. The highest BCUT2D eigenvalue weighted by atomic mass is 35.5. The van der Waals surface area contributed by atoms with Crippen molar-refractivity contribution in [2.45, 2.75) is 6.54 Å². The van der Waals surface area contributed by atoms with Gasteiger partial charge in [0.05, 0.1) is 23.5 Å². The lowest BCUT2D eigenvalue weighted by Crippen LogP contribution is -2.12. The Morgan fingerprint density at radius 2 is 2.00 bits per heavy atom. The van der Waals surface area contributed by atoms with Crippen molar-refractivity contribution in [3.05, 3.63) is 52.8 Å². The Morgan fingerprint density at radius 3 is 2.62 bits per heavy atom. The second kappa shape index (κ2) is 6.68. The zero-order valence-corrected chi connectivity index (χ0v) is 13.0. The highest BCUT2D eigenvalue weighted by Crippen LogP contribution is 2.32. The fraction of sp³-hybridized carbons (Fsp3) is 0.250. The predicted octanol–water partition coefficient (Wildman–Crippen LogP) is 4.17. The first kappa shape index (κ1) is 15.4. The number of halogens is 2. The highest BCUT2D eigenvalue weighted by molar-refractivity contribution is 6.34. The molecule has 2 aromatic carbocycles. The van der Waals surface area contributed by atoms with Gasteiger partial charge in [-0.05, 0) is 29.8 Å². The lowest BCUT2D eigenvalue weighted by Gasteiger charge is -2.20. The van der Waals surface area contributed by atoms with Gasteiger partial charge in [-0.15, -0.1) is 0 Å². The average molecular weight is 309 g/mol. The Morgan fingerprint density at radius 1 is 1.24 bits per heavy atom. The van der Waals surface area contributed by atoms with E-state index in [0.29, 0.717) is 11.6 Å². The largest absolute Gasteiger partial charge is 0.494 e. The van der Waals surface area contributed by atoms with Crippen LogP contribution in [0.3, 0.4) is 0 Å². The Bertz CT molecular complexity index is 632. The number of hydrogen-bond donors (Lipinski definition) is 1. The van der Waals surface area contributed by atoms with E-state index in [4.69, 9.17) is 16.3 Å². The van der Waals surface area contributed by atoms with E-state index in [2.05, 4.69) is 5.32 Å². The summed E-state index contributed by atoms with van der Waals surface area (Å²) in [4.78, 5) is 1.94. The zero-order chi connectivity index (χ0) is 15.4. The molecule has 2 aromatic rings. The quantitative estimate of drug-likeness (QED) is 0.897. The molecule has 0 fully saturated rings. The fourth-order valence-corrected chi connectivity index (χ4v) is 2.47. The van der Waals surface area contributed by atoms with Gasteiger partial charge in [0.2, 0.25) is 0 Å². The molecule has 3 nitrogen and oxygen atoms in total. The smallest absolute Gasteiger partial charge is 0.165 e. The summed E-state index contributed by atoms with van der Waals surface area (Å²) in [5.74, 6) is -0.119. The van der Waals surface area contributed by atoms with Crippen molar-refractivity contribution in [3.63, 3.8) is 0 Å². The van der Waals surface area contributed by atoms with Crippen molar-refractivity contribution in [3.8, 4) is 5.75 Å². The molecule has 2 rings (SSSR count). The minimum Gasteiger partial charge on any atom is -0.494 e. The molecule has 0 aliphatic rings. The number of para-hydroxylation sites is 1. The van der Waals surface area contributed by atoms with Crippen LogP contribution in [0.15, 0.2) is 36.4 Å². The van der Waals surface area contributed by atoms with Crippen molar-refractivity contribution in [2.24, 2.45) is 0 Å². The maximum absolute atomic E-state index is 13.7. The molecule has 0 radical (unpaired) electrons. The van der Waals surface area contributed by atoms with E-state index in [9.17, 15) is 4.39 Å². The lowest BCUT2D eigenvalue weighted by molar-refractivity contribution is 0.386. The third-order valence-electron chi connectivity index (χ3n) is 3.13. The number of methoxy groups -OCH3 is 1. The summed E-state index contributed by atoms with van der Waals surface area (Å²) in [6, 6.07) is 10.6. The monoisotopic (exact) mass is 308 g/mol. The van der Waals surface area contributed by atoms with E-state index >= 15 is 0 Å². The molecular formula is C16H18ClFN2O. The number of anilines is 2.